The van der Waals surface area contributed by atoms with Gasteiger partial charge in [0.1, 0.15) is 5.76 Å². The SMILES string of the molecule is NNC(Cc1ccc(I)cc1)c1ccco1. The monoisotopic (exact) mass is 328 g/mol. The maximum absolute atomic E-state index is 5.53. The van der Waals surface area contributed by atoms with E-state index in [-0.39, 0.29) is 6.04 Å². The van der Waals surface area contributed by atoms with E-state index in [0.29, 0.717) is 0 Å². The van der Waals surface area contributed by atoms with E-state index in [1.165, 1.54) is 9.13 Å². The van der Waals surface area contributed by atoms with Gasteiger partial charge in [-0.05, 0) is 58.8 Å². The molecule has 0 aliphatic carbocycles. The fraction of sp³-hybridized carbons (Fsp3) is 0.167. The van der Waals surface area contributed by atoms with E-state index in [4.69, 9.17) is 10.3 Å². The third-order valence-corrected chi connectivity index (χ3v) is 3.16. The van der Waals surface area contributed by atoms with Gasteiger partial charge in [0.15, 0.2) is 0 Å². The van der Waals surface area contributed by atoms with Gasteiger partial charge in [-0.3, -0.25) is 5.84 Å². The molecule has 2 aromatic rings. The summed E-state index contributed by atoms with van der Waals surface area (Å²) in [5.41, 5.74) is 4.01. The maximum atomic E-state index is 5.53. The Morgan fingerprint density at radius 3 is 2.56 bits per heavy atom. The third kappa shape index (κ3) is 2.84. The largest absolute Gasteiger partial charge is 0.468 e. The normalized spacial score (nSPS) is 12.6. The Morgan fingerprint density at radius 2 is 2.00 bits per heavy atom. The number of hydrogen-bond acceptors (Lipinski definition) is 3. The van der Waals surface area contributed by atoms with E-state index in [1.807, 2.05) is 12.1 Å². The van der Waals surface area contributed by atoms with E-state index in [0.717, 1.165) is 12.2 Å². The number of halogens is 1. The minimum Gasteiger partial charge on any atom is -0.468 e. The van der Waals surface area contributed by atoms with Gasteiger partial charge in [-0.25, -0.2) is 5.43 Å². The number of furan rings is 1. The molecule has 1 unspecified atom stereocenters. The highest BCUT2D eigenvalue weighted by Crippen LogP contribution is 2.18. The fourth-order valence-corrected chi connectivity index (χ4v) is 1.95. The highest BCUT2D eigenvalue weighted by atomic mass is 127. The second kappa shape index (κ2) is 5.47. The molecule has 84 valence electrons. The van der Waals surface area contributed by atoms with Crippen molar-refractivity contribution in [2.45, 2.75) is 12.5 Å². The smallest absolute Gasteiger partial charge is 0.122 e. The van der Waals surface area contributed by atoms with Crippen molar-refractivity contribution in [3.8, 4) is 0 Å². The second-order valence-corrected chi connectivity index (χ2v) is 4.81. The topological polar surface area (TPSA) is 51.2 Å². The van der Waals surface area contributed by atoms with E-state index in [9.17, 15) is 0 Å². The lowest BCUT2D eigenvalue weighted by molar-refractivity contribution is 0.416. The minimum atomic E-state index is 0.0232. The van der Waals surface area contributed by atoms with E-state index < -0.39 is 0 Å². The lowest BCUT2D eigenvalue weighted by Gasteiger charge is -2.13. The molecule has 16 heavy (non-hydrogen) atoms. The van der Waals surface area contributed by atoms with Crippen molar-refractivity contribution >= 4 is 22.6 Å². The average Bonchev–Trinajstić information content (AvgIpc) is 2.82. The van der Waals surface area contributed by atoms with Crippen LogP contribution in [0.25, 0.3) is 0 Å². The van der Waals surface area contributed by atoms with Crippen LogP contribution in [-0.2, 0) is 6.42 Å². The first-order chi connectivity index (χ1) is 7.79. The van der Waals surface area contributed by atoms with Crippen LogP contribution in [0.3, 0.4) is 0 Å². The number of hydrogen-bond donors (Lipinski definition) is 2. The van der Waals surface area contributed by atoms with Crippen LogP contribution < -0.4 is 11.3 Å². The van der Waals surface area contributed by atoms with E-state index in [1.54, 1.807) is 6.26 Å². The van der Waals surface area contributed by atoms with Crippen LogP contribution in [-0.4, -0.2) is 0 Å². The molecule has 0 spiro atoms. The number of hydrazine groups is 1. The third-order valence-electron chi connectivity index (χ3n) is 2.44. The summed E-state index contributed by atoms with van der Waals surface area (Å²) in [5, 5.41) is 0. The number of nitrogens with two attached hydrogens (primary N) is 1. The highest BCUT2D eigenvalue weighted by Gasteiger charge is 2.12. The number of rotatable bonds is 4. The van der Waals surface area contributed by atoms with Gasteiger partial charge < -0.3 is 4.42 Å². The Bertz CT molecular complexity index is 425. The van der Waals surface area contributed by atoms with Crippen LogP contribution >= 0.6 is 22.6 Å². The molecule has 4 heteroatoms. The molecule has 1 heterocycles. The van der Waals surface area contributed by atoms with Gasteiger partial charge in [-0.1, -0.05) is 12.1 Å². The lowest BCUT2D eigenvalue weighted by atomic mass is 10.0. The predicted octanol–water partition coefficient (Wildman–Crippen LogP) is 2.63. The zero-order valence-corrected chi connectivity index (χ0v) is 10.8. The molecule has 0 bridgehead atoms. The summed E-state index contributed by atoms with van der Waals surface area (Å²) in [6.45, 7) is 0. The Kier molecular flexibility index (Phi) is 3.98. The molecule has 3 nitrogen and oxygen atoms in total. The summed E-state index contributed by atoms with van der Waals surface area (Å²) in [6.07, 6.45) is 2.48. The summed E-state index contributed by atoms with van der Waals surface area (Å²) >= 11 is 2.29. The Morgan fingerprint density at radius 1 is 1.25 bits per heavy atom. The Hall–Kier alpha value is -0.850. The summed E-state index contributed by atoms with van der Waals surface area (Å²) in [5.74, 6) is 6.39. The number of benzene rings is 1. The molecule has 0 saturated carbocycles. The second-order valence-electron chi connectivity index (χ2n) is 3.57. The molecule has 0 fully saturated rings. The van der Waals surface area contributed by atoms with Gasteiger partial charge in [0.2, 0.25) is 0 Å². The zero-order valence-electron chi connectivity index (χ0n) is 8.69. The molecule has 2 rings (SSSR count). The summed E-state index contributed by atoms with van der Waals surface area (Å²) < 4.78 is 6.57. The molecule has 0 amide bonds. The van der Waals surface area contributed by atoms with E-state index in [2.05, 4.69) is 52.3 Å². The van der Waals surface area contributed by atoms with Crippen LogP contribution in [0, 0.1) is 3.57 Å². The van der Waals surface area contributed by atoms with Gasteiger partial charge in [0, 0.05) is 3.57 Å². The molecular formula is C12H13IN2O. The first-order valence-electron chi connectivity index (χ1n) is 5.03. The van der Waals surface area contributed by atoms with Crippen LogP contribution in [0.4, 0.5) is 0 Å². The molecule has 0 aliphatic heterocycles. The van der Waals surface area contributed by atoms with E-state index >= 15 is 0 Å². The van der Waals surface area contributed by atoms with Crippen LogP contribution in [0.5, 0.6) is 0 Å². The van der Waals surface area contributed by atoms with Gasteiger partial charge in [-0.2, -0.15) is 0 Å². The minimum absolute atomic E-state index is 0.0232. The quantitative estimate of drug-likeness (QED) is 0.515. The molecule has 1 aromatic carbocycles. The number of nitrogens with one attached hydrogen (secondary N) is 1. The molecular weight excluding hydrogens is 315 g/mol. The Labute approximate surface area is 108 Å². The lowest BCUT2D eigenvalue weighted by Crippen LogP contribution is -2.29. The average molecular weight is 328 g/mol. The van der Waals surface area contributed by atoms with Crippen molar-refractivity contribution in [1.82, 2.24) is 5.43 Å². The summed E-state index contributed by atoms with van der Waals surface area (Å²) in [4.78, 5) is 0. The fourth-order valence-electron chi connectivity index (χ4n) is 1.59. The van der Waals surface area contributed by atoms with Crippen molar-refractivity contribution in [2.75, 3.05) is 0 Å². The summed E-state index contributed by atoms with van der Waals surface area (Å²) in [7, 11) is 0. The van der Waals surface area contributed by atoms with Crippen molar-refractivity contribution in [3.05, 3.63) is 57.6 Å². The van der Waals surface area contributed by atoms with Crippen LogP contribution in [0.2, 0.25) is 0 Å². The summed E-state index contributed by atoms with van der Waals surface area (Å²) in [6, 6.07) is 12.2. The first-order valence-corrected chi connectivity index (χ1v) is 6.11. The van der Waals surface area contributed by atoms with Crippen LogP contribution in [0.1, 0.15) is 17.4 Å². The first kappa shape index (κ1) is 11.6. The molecule has 3 N–H and O–H groups in total. The molecule has 1 atom stereocenters. The van der Waals surface area contributed by atoms with Crippen molar-refractivity contribution in [3.63, 3.8) is 0 Å². The standard InChI is InChI=1S/C12H13IN2O/c13-10-5-3-9(4-6-10)8-11(15-14)12-2-1-7-16-12/h1-7,11,15H,8,14H2. The molecule has 1 aromatic heterocycles. The van der Waals surface area contributed by atoms with Crippen LogP contribution in [0.15, 0.2) is 47.1 Å². The molecule has 0 saturated heterocycles. The van der Waals surface area contributed by atoms with Gasteiger partial charge >= 0.3 is 0 Å². The zero-order chi connectivity index (χ0) is 11.4. The van der Waals surface area contributed by atoms with Crippen molar-refractivity contribution in [1.29, 1.82) is 0 Å². The van der Waals surface area contributed by atoms with Gasteiger partial charge in [0.25, 0.3) is 0 Å². The van der Waals surface area contributed by atoms with Crippen molar-refractivity contribution < 1.29 is 4.42 Å². The highest BCUT2D eigenvalue weighted by molar-refractivity contribution is 14.1. The Balaban J connectivity index is 2.10. The van der Waals surface area contributed by atoms with Gasteiger partial charge in [-0.15, -0.1) is 0 Å². The predicted molar refractivity (Wildman–Crippen MR) is 71.6 cm³/mol. The van der Waals surface area contributed by atoms with Gasteiger partial charge in [0.05, 0.1) is 12.3 Å². The molecule has 0 radical (unpaired) electrons. The molecule has 0 aliphatic rings. The van der Waals surface area contributed by atoms with Crippen molar-refractivity contribution in [2.24, 2.45) is 5.84 Å². The maximum Gasteiger partial charge on any atom is 0.122 e.